The van der Waals surface area contributed by atoms with Crippen LogP contribution in [-0.2, 0) is 7.05 Å². The number of hydrogen-bond acceptors (Lipinski definition) is 4. The van der Waals surface area contributed by atoms with E-state index in [2.05, 4.69) is 12.6 Å². The van der Waals surface area contributed by atoms with Crippen LogP contribution in [0, 0.1) is 0 Å². The number of aliphatic hydroxyl groups is 1. The fourth-order valence-electron chi connectivity index (χ4n) is 2.72. The van der Waals surface area contributed by atoms with Gasteiger partial charge in [-0.3, -0.25) is 4.79 Å². The Morgan fingerprint density at radius 2 is 2.00 bits per heavy atom. The molecule has 0 saturated carbocycles. The van der Waals surface area contributed by atoms with Crippen molar-refractivity contribution in [3.63, 3.8) is 0 Å². The Morgan fingerprint density at radius 3 is 2.70 bits per heavy atom. The van der Waals surface area contributed by atoms with Gasteiger partial charge in [0.15, 0.2) is 0 Å². The molecular weight excluding hydrogens is 274 g/mol. The van der Waals surface area contributed by atoms with E-state index in [1.165, 1.54) is 0 Å². The molecule has 3 rings (SSSR count). The van der Waals surface area contributed by atoms with Gasteiger partial charge in [0.1, 0.15) is 17.5 Å². The lowest BCUT2D eigenvalue weighted by molar-refractivity contribution is -0.0420. The van der Waals surface area contributed by atoms with Crippen molar-refractivity contribution >= 4 is 23.5 Å². The summed E-state index contributed by atoms with van der Waals surface area (Å²) in [6.45, 7) is 3.60. The lowest BCUT2D eigenvalue weighted by Crippen LogP contribution is -2.49. The summed E-state index contributed by atoms with van der Waals surface area (Å²) in [6, 6.07) is 7.59. The van der Waals surface area contributed by atoms with Crippen LogP contribution < -0.4 is 10.3 Å². The Labute approximate surface area is 122 Å². The van der Waals surface area contributed by atoms with E-state index in [9.17, 15) is 9.90 Å². The highest BCUT2D eigenvalue weighted by Crippen LogP contribution is 2.44. The number of para-hydroxylation sites is 1. The zero-order valence-electron chi connectivity index (χ0n) is 11.6. The van der Waals surface area contributed by atoms with E-state index in [1.54, 1.807) is 25.5 Å². The summed E-state index contributed by atoms with van der Waals surface area (Å²) in [6.07, 6.45) is -0.841. The molecule has 0 aliphatic carbocycles. The van der Waals surface area contributed by atoms with Gasteiger partial charge < -0.3 is 14.4 Å². The lowest BCUT2D eigenvalue weighted by atomic mass is 9.90. The van der Waals surface area contributed by atoms with Crippen molar-refractivity contribution in [3.8, 4) is 5.75 Å². The number of nitrogens with zero attached hydrogens (tertiary/aromatic N) is 1. The van der Waals surface area contributed by atoms with Gasteiger partial charge in [-0.1, -0.05) is 12.1 Å². The molecule has 106 valence electrons. The number of aliphatic hydroxyl groups excluding tert-OH is 1. The molecule has 0 saturated heterocycles. The molecule has 0 amide bonds. The first-order valence-corrected chi connectivity index (χ1v) is 7.03. The molecule has 0 spiro atoms. The van der Waals surface area contributed by atoms with Gasteiger partial charge in [-0.05, 0) is 26.0 Å². The maximum Gasteiger partial charge on any atom is 0.258 e. The minimum Gasteiger partial charge on any atom is -0.484 e. The molecule has 2 atom stereocenters. The molecule has 2 aromatic rings. The molecule has 1 aliphatic heterocycles. The Balaban J connectivity index is 2.45. The van der Waals surface area contributed by atoms with Crippen molar-refractivity contribution < 1.29 is 9.84 Å². The third-order valence-corrected chi connectivity index (χ3v) is 4.50. The normalized spacial score (nSPS) is 24.2. The van der Waals surface area contributed by atoms with Gasteiger partial charge in [-0.15, -0.1) is 0 Å². The largest absolute Gasteiger partial charge is 0.484 e. The average Bonchev–Trinajstić information content (AvgIpc) is 2.42. The van der Waals surface area contributed by atoms with Crippen LogP contribution in [0.25, 0.3) is 10.9 Å². The van der Waals surface area contributed by atoms with Crippen LogP contribution in [0.4, 0.5) is 0 Å². The first kappa shape index (κ1) is 13.5. The van der Waals surface area contributed by atoms with E-state index >= 15 is 0 Å². The number of thiol groups is 1. The SMILES string of the molecule is Cn1c(=O)c2c(c3ccccc31)OC(C)(C)[C@H](O)[C@H]2S. The van der Waals surface area contributed by atoms with Gasteiger partial charge in [0.05, 0.1) is 16.3 Å². The van der Waals surface area contributed by atoms with Gasteiger partial charge in [0, 0.05) is 12.4 Å². The van der Waals surface area contributed by atoms with Gasteiger partial charge >= 0.3 is 0 Å². The minimum absolute atomic E-state index is 0.173. The first-order valence-electron chi connectivity index (χ1n) is 6.51. The molecule has 5 heteroatoms. The number of pyridine rings is 1. The van der Waals surface area contributed by atoms with Crippen LogP contribution in [0.5, 0.6) is 5.75 Å². The van der Waals surface area contributed by atoms with Crippen molar-refractivity contribution in [1.29, 1.82) is 0 Å². The summed E-state index contributed by atoms with van der Waals surface area (Å²) < 4.78 is 7.51. The van der Waals surface area contributed by atoms with E-state index in [-0.39, 0.29) is 5.56 Å². The number of aromatic nitrogens is 1. The summed E-state index contributed by atoms with van der Waals surface area (Å²) in [5.41, 5.74) is 0.285. The molecular formula is C15H17NO3S. The highest BCUT2D eigenvalue weighted by Gasteiger charge is 2.43. The third kappa shape index (κ3) is 1.70. The molecule has 1 aromatic heterocycles. The summed E-state index contributed by atoms with van der Waals surface area (Å²) in [4.78, 5) is 12.5. The molecule has 2 heterocycles. The predicted molar refractivity (Wildman–Crippen MR) is 81.6 cm³/mol. The predicted octanol–water partition coefficient (Wildman–Crippen LogP) is 2.04. The number of benzene rings is 1. The number of rotatable bonds is 0. The van der Waals surface area contributed by atoms with Crippen molar-refractivity contribution in [2.45, 2.75) is 30.8 Å². The monoisotopic (exact) mass is 291 g/mol. The maximum atomic E-state index is 12.5. The van der Waals surface area contributed by atoms with Crippen molar-refractivity contribution in [2.24, 2.45) is 7.05 Å². The number of ether oxygens (including phenoxy) is 1. The second-order valence-corrected chi connectivity index (χ2v) is 6.28. The molecule has 4 nitrogen and oxygen atoms in total. The van der Waals surface area contributed by atoms with E-state index in [0.29, 0.717) is 11.3 Å². The Kier molecular flexibility index (Phi) is 2.88. The van der Waals surface area contributed by atoms with Gasteiger partial charge in [0.25, 0.3) is 5.56 Å². The highest BCUT2D eigenvalue weighted by molar-refractivity contribution is 7.80. The Bertz CT molecular complexity index is 751. The molecule has 0 unspecified atom stereocenters. The molecule has 0 bridgehead atoms. The van der Waals surface area contributed by atoms with Crippen molar-refractivity contribution in [1.82, 2.24) is 4.57 Å². The second kappa shape index (κ2) is 4.27. The summed E-state index contributed by atoms with van der Waals surface area (Å²) in [7, 11) is 1.72. The first-order chi connectivity index (χ1) is 9.34. The molecule has 1 N–H and O–H groups in total. The third-order valence-electron chi connectivity index (χ3n) is 3.96. The van der Waals surface area contributed by atoms with Crippen LogP contribution in [-0.4, -0.2) is 21.4 Å². The van der Waals surface area contributed by atoms with Crippen molar-refractivity contribution in [2.75, 3.05) is 0 Å². The fourth-order valence-corrected chi connectivity index (χ4v) is 3.31. The van der Waals surface area contributed by atoms with Gasteiger partial charge in [-0.25, -0.2) is 0 Å². The van der Waals surface area contributed by atoms with E-state index < -0.39 is 17.0 Å². The number of fused-ring (bicyclic) bond motifs is 3. The quantitative estimate of drug-likeness (QED) is 0.730. The molecule has 1 aliphatic rings. The smallest absolute Gasteiger partial charge is 0.258 e. The summed E-state index contributed by atoms with van der Waals surface area (Å²) in [5, 5.41) is 10.6. The van der Waals surface area contributed by atoms with Crippen LogP contribution >= 0.6 is 12.6 Å². The van der Waals surface area contributed by atoms with Crippen LogP contribution in [0.2, 0.25) is 0 Å². The maximum absolute atomic E-state index is 12.5. The van der Waals surface area contributed by atoms with Gasteiger partial charge in [-0.2, -0.15) is 12.6 Å². The van der Waals surface area contributed by atoms with E-state index in [4.69, 9.17) is 4.74 Å². The molecule has 20 heavy (non-hydrogen) atoms. The standard InChI is InChI=1S/C15H17NO3S/c1-15(2)13(17)12(20)10-11(19-15)8-6-4-5-7-9(8)16(3)14(10)18/h4-7,12-13,17,20H,1-3H3/t12-,13+/m0/s1. The average molecular weight is 291 g/mol. The van der Waals surface area contributed by atoms with Crippen LogP contribution in [0.3, 0.4) is 0 Å². The van der Waals surface area contributed by atoms with Crippen molar-refractivity contribution in [3.05, 3.63) is 40.2 Å². The number of hydrogen-bond donors (Lipinski definition) is 2. The van der Waals surface area contributed by atoms with E-state index in [1.807, 2.05) is 24.3 Å². The topological polar surface area (TPSA) is 51.5 Å². The lowest BCUT2D eigenvalue weighted by Gasteiger charge is -2.40. The molecule has 0 fully saturated rings. The Hall–Kier alpha value is -1.46. The number of aryl methyl sites for hydroxylation is 1. The summed E-state index contributed by atoms with van der Waals surface area (Å²) >= 11 is 4.45. The summed E-state index contributed by atoms with van der Waals surface area (Å²) in [5.74, 6) is 0.541. The Morgan fingerprint density at radius 1 is 1.35 bits per heavy atom. The second-order valence-electron chi connectivity index (χ2n) is 5.72. The fraction of sp³-hybridized carbons (Fsp3) is 0.400. The minimum atomic E-state index is -0.841. The highest BCUT2D eigenvalue weighted by atomic mass is 32.1. The molecule has 0 radical (unpaired) electrons. The van der Waals surface area contributed by atoms with Crippen LogP contribution in [0.1, 0.15) is 24.7 Å². The zero-order chi connectivity index (χ0) is 14.7. The zero-order valence-corrected chi connectivity index (χ0v) is 12.5. The van der Waals surface area contributed by atoms with E-state index in [0.717, 1.165) is 10.9 Å². The molecule has 1 aromatic carbocycles. The van der Waals surface area contributed by atoms with Crippen LogP contribution in [0.15, 0.2) is 29.1 Å². The van der Waals surface area contributed by atoms with Gasteiger partial charge in [0.2, 0.25) is 0 Å².